The van der Waals surface area contributed by atoms with Crippen molar-refractivity contribution in [2.45, 2.75) is 31.7 Å². The fourth-order valence-electron chi connectivity index (χ4n) is 3.81. The van der Waals surface area contributed by atoms with E-state index in [2.05, 4.69) is 0 Å². The predicted molar refractivity (Wildman–Crippen MR) is 69.4 cm³/mol. The Morgan fingerprint density at radius 1 is 1.22 bits per heavy atom. The largest absolute Gasteiger partial charge is 0.480 e. The van der Waals surface area contributed by atoms with Crippen LogP contribution in [0.2, 0.25) is 0 Å². The fraction of sp³-hybridized carbons (Fsp3) is 0.846. The number of nitrogens with zero attached hydrogens (tertiary/aromatic N) is 1. The van der Waals surface area contributed by atoms with E-state index in [1.54, 1.807) is 16.7 Å². The first kappa shape index (κ1) is 12.3. The van der Waals surface area contributed by atoms with Gasteiger partial charge in [-0.15, -0.1) is 0 Å². The van der Waals surface area contributed by atoms with Crippen LogP contribution >= 0.6 is 11.8 Å². The molecule has 0 bridgehead atoms. The van der Waals surface area contributed by atoms with Gasteiger partial charge in [0.05, 0.1) is 0 Å². The molecule has 0 aromatic heterocycles. The Balaban J connectivity index is 1.78. The molecule has 3 fully saturated rings. The van der Waals surface area contributed by atoms with E-state index in [-0.39, 0.29) is 17.7 Å². The number of aliphatic carboxylic acids is 1. The Morgan fingerprint density at radius 3 is 2.72 bits per heavy atom. The number of carboxylic acids is 1. The van der Waals surface area contributed by atoms with Crippen molar-refractivity contribution in [2.75, 3.05) is 18.1 Å². The average molecular weight is 269 g/mol. The molecule has 0 spiro atoms. The normalized spacial score (nSPS) is 39.0. The summed E-state index contributed by atoms with van der Waals surface area (Å²) >= 11 is 1.81. The van der Waals surface area contributed by atoms with Gasteiger partial charge in [0.2, 0.25) is 5.91 Å². The van der Waals surface area contributed by atoms with E-state index in [1.807, 2.05) is 0 Å². The van der Waals surface area contributed by atoms with Crippen LogP contribution in [0.5, 0.6) is 0 Å². The number of carboxylic acid groups (broad SMARTS) is 1. The van der Waals surface area contributed by atoms with Crippen molar-refractivity contribution < 1.29 is 14.7 Å². The van der Waals surface area contributed by atoms with Gasteiger partial charge >= 0.3 is 5.97 Å². The molecule has 2 saturated heterocycles. The van der Waals surface area contributed by atoms with E-state index in [1.165, 1.54) is 0 Å². The second-order valence-corrected chi connectivity index (χ2v) is 6.84. The zero-order valence-electron chi connectivity index (χ0n) is 10.4. The van der Waals surface area contributed by atoms with Crippen LogP contribution in [-0.4, -0.2) is 46.0 Å². The van der Waals surface area contributed by atoms with Crippen LogP contribution in [0.15, 0.2) is 0 Å². The maximum absolute atomic E-state index is 12.4. The third-order valence-electron chi connectivity index (χ3n) is 4.71. The molecular formula is C13H19NO3S. The lowest BCUT2D eigenvalue weighted by Gasteiger charge is -2.26. The molecule has 0 radical (unpaired) electrons. The maximum atomic E-state index is 12.4. The molecule has 3 aliphatic rings. The fourth-order valence-corrected chi connectivity index (χ4v) is 5.02. The summed E-state index contributed by atoms with van der Waals surface area (Å²) in [4.78, 5) is 25.6. The number of hydrogen-bond donors (Lipinski definition) is 1. The topological polar surface area (TPSA) is 57.6 Å². The van der Waals surface area contributed by atoms with Gasteiger partial charge in [0.25, 0.3) is 0 Å². The summed E-state index contributed by atoms with van der Waals surface area (Å²) in [6.07, 6.45) is 4.12. The minimum absolute atomic E-state index is 0.0654. The van der Waals surface area contributed by atoms with E-state index >= 15 is 0 Å². The lowest BCUT2D eigenvalue weighted by molar-refractivity contribution is -0.151. The van der Waals surface area contributed by atoms with E-state index in [0.29, 0.717) is 12.5 Å². The van der Waals surface area contributed by atoms with Gasteiger partial charge in [-0.05, 0) is 36.9 Å². The predicted octanol–water partition coefficient (Wildman–Crippen LogP) is 1.45. The molecule has 1 amide bonds. The molecule has 100 valence electrons. The minimum Gasteiger partial charge on any atom is -0.480 e. The zero-order valence-corrected chi connectivity index (χ0v) is 11.2. The quantitative estimate of drug-likeness (QED) is 0.824. The Bertz CT molecular complexity index is 367. The summed E-state index contributed by atoms with van der Waals surface area (Å²) in [6.45, 7) is 0.682. The van der Waals surface area contributed by atoms with Crippen molar-refractivity contribution in [3.63, 3.8) is 0 Å². The third-order valence-corrected chi connectivity index (χ3v) is 5.87. The number of rotatable bonds is 2. The average Bonchev–Trinajstić information content (AvgIpc) is 3.03. The molecule has 4 nitrogen and oxygen atoms in total. The lowest BCUT2D eigenvalue weighted by atomic mass is 9.94. The first-order chi connectivity index (χ1) is 8.68. The van der Waals surface area contributed by atoms with E-state index < -0.39 is 12.0 Å². The molecule has 0 aromatic carbocycles. The van der Waals surface area contributed by atoms with Crippen LogP contribution in [0.25, 0.3) is 0 Å². The highest BCUT2D eigenvalue weighted by molar-refractivity contribution is 7.99. The Hall–Kier alpha value is -0.710. The highest BCUT2D eigenvalue weighted by Crippen LogP contribution is 2.43. The number of hydrogen-bond acceptors (Lipinski definition) is 3. The molecule has 5 heteroatoms. The highest BCUT2D eigenvalue weighted by atomic mass is 32.2. The van der Waals surface area contributed by atoms with Gasteiger partial charge in [0.15, 0.2) is 0 Å². The molecule has 2 aliphatic heterocycles. The summed E-state index contributed by atoms with van der Waals surface area (Å²) < 4.78 is 0. The van der Waals surface area contributed by atoms with Crippen LogP contribution in [0, 0.1) is 17.8 Å². The number of carbonyl (C=O) groups is 2. The molecule has 2 heterocycles. The van der Waals surface area contributed by atoms with Crippen molar-refractivity contribution in [1.29, 1.82) is 0 Å². The Kier molecular flexibility index (Phi) is 3.26. The SMILES string of the molecule is O=C(O)C1C2CCCC2CN1C(=O)C1CCSC1. The molecule has 0 aromatic rings. The van der Waals surface area contributed by atoms with Gasteiger partial charge in [-0.25, -0.2) is 4.79 Å². The van der Waals surface area contributed by atoms with Gasteiger partial charge in [0.1, 0.15) is 6.04 Å². The molecule has 4 atom stereocenters. The number of carbonyl (C=O) groups excluding carboxylic acids is 1. The Morgan fingerprint density at radius 2 is 2.06 bits per heavy atom. The summed E-state index contributed by atoms with van der Waals surface area (Å²) in [7, 11) is 0. The Labute approximate surface area is 111 Å². The van der Waals surface area contributed by atoms with Gasteiger partial charge in [-0.1, -0.05) is 6.42 Å². The smallest absolute Gasteiger partial charge is 0.326 e. The molecule has 1 saturated carbocycles. The van der Waals surface area contributed by atoms with Crippen LogP contribution in [-0.2, 0) is 9.59 Å². The highest BCUT2D eigenvalue weighted by Gasteiger charge is 2.50. The van der Waals surface area contributed by atoms with Crippen molar-refractivity contribution in [1.82, 2.24) is 4.90 Å². The second-order valence-electron chi connectivity index (χ2n) is 5.69. The van der Waals surface area contributed by atoms with Gasteiger partial charge < -0.3 is 10.0 Å². The minimum atomic E-state index is -0.802. The maximum Gasteiger partial charge on any atom is 0.326 e. The van der Waals surface area contributed by atoms with Gasteiger partial charge in [-0.3, -0.25) is 4.79 Å². The molecular weight excluding hydrogens is 250 g/mol. The summed E-state index contributed by atoms with van der Waals surface area (Å²) in [5.41, 5.74) is 0. The molecule has 4 unspecified atom stereocenters. The summed E-state index contributed by atoms with van der Waals surface area (Å²) in [6, 6.07) is -0.546. The second kappa shape index (κ2) is 4.76. The van der Waals surface area contributed by atoms with Crippen molar-refractivity contribution in [2.24, 2.45) is 17.8 Å². The molecule has 1 N–H and O–H groups in total. The van der Waals surface area contributed by atoms with E-state index in [9.17, 15) is 14.7 Å². The van der Waals surface area contributed by atoms with Crippen molar-refractivity contribution in [3.05, 3.63) is 0 Å². The third kappa shape index (κ3) is 1.92. The number of fused-ring (bicyclic) bond motifs is 1. The van der Waals surface area contributed by atoms with Gasteiger partial charge in [0, 0.05) is 18.2 Å². The first-order valence-corrected chi connectivity index (χ1v) is 7.95. The van der Waals surface area contributed by atoms with Crippen LogP contribution in [0.3, 0.4) is 0 Å². The first-order valence-electron chi connectivity index (χ1n) is 6.79. The number of thioether (sulfide) groups is 1. The number of amides is 1. The molecule has 3 rings (SSSR count). The zero-order chi connectivity index (χ0) is 12.7. The molecule has 1 aliphatic carbocycles. The van der Waals surface area contributed by atoms with Crippen LogP contribution in [0.4, 0.5) is 0 Å². The van der Waals surface area contributed by atoms with Crippen LogP contribution < -0.4 is 0 Å². The van der Waals surface area contributed by atoms with Crippen LogP contribution in [0.1, 0.15) is 25.7 Å². The summed E-state index contributed by atoms with van der Waals surface area (Å²) in [5, 5.41) is 9.42. The van der Waals surface area contributed by atoms with Crippen molar-refractivity contribution >= 4 is 23.6 Å². The molecule has 18 heavy (non-hydrogen) atoms. The lowest BCUT2D eigenvalue weighted by Crippen LogP contribution is -2.45. The van der Waals surface area contributed by atoms with Gasteiger partial charge in [-0.2, -0.15) is 11.8 Å². The van der Waals surface area contributed by atoms with Crippen molar-refractivity contribution in [3.8, 4) is 0 Å². The number of likely N-dealkylation sites (tertiary alicyclic amines) is 1. The van der Waals surface area contributed by atoms with E-state index in [4.69, 9.17) is 0 Å². The van der Waals surface area contributed by atoms with E-state index in [0.717, 1.165) is 37.2 Å². The summed E-state index contributed by atoms with van der Waals surface area (Å²) in [5.74, 6) is 1.91. The standard InChI is InChI=1S/C13H19NO3S/c15-12(9-4-5-18-7-9)14-6-8-2-1-3-10(8)11(14)13(16)17/h8-11H,1-7H2,(H,16,17). The monoisotopic (exact) mass is 269 g/mol.